The number of nitrogens with two attached hydrogens (primary N) is 1. The third-order valence-electron chi connectivity index (χ3n) is 3.22. The van der Waals surface area contributed by atoms with E-state index < -0.39 is 5.97 Å². The molecule has 0 heterocycles. The summed E-state index contributed by atoms with van der Waals surface area (Å²) in [7, 11) is 0. The number of hydrogen-bond acceptors (Lipinski definition) is 4. The van der Waals surface area contributed by atoms with Gasteiger partial charge in [0, 0.05) is 21.7 Å². The van der Waals surface area contributed by atoms with Crippen LogP contribution < -0.4 is 11.1 Å². The van der Waals surface area contributed by atoms with Crippen molar-refractivity contribution in [3.05, 3.63) is 63.1 Å². The lowest BCUT2D eigenvalue weighted by Crippen LogP contribution is -2.30. The number of hydrogen-bond donors (Lipinski definition) is 2. The van der Waals surface area contributed by atoms with Gasteiger partial charge in [0.2, 0.25) is 0 Å². The molecule has 0 saturated heterocycles. The quantitative estimate of drug-likeness (QED) is 0.565. The van der Waals surface area contributed by atoms with Crippen LogP contribution in [0.25, 0.3) is 0 Å². The van der Waals surface area contributed by atoms with Crippen molar-refractivity contribution in [3.63, 3.8) is 0 Å². The van der Waals surface area contributed by atoms with Gasteiger partial charge in [-0.15, -0.1) is 0 Å². The molecule has 0 aliphatic rings. The van der Waals surface area contributed by atoms with Crippen LogP contribution in [0.3, 0.4) is 0 Å². The Hall–Kier alpha value is -2.05. The van der Waals surface area contributed by atoms with Gasteiger partial charge < -0.3 is 15.8 Å². The van der Waals surface area contributed by atoms with E-state index in [4.69, 9.17) is 22.1 Å². The van der Waals surface area contributed by atoms with Crippen LogP contribution in [0.2, 0.25) is 5.02 Å². The van der Waals surface area contributed by atoms with Crippen LogP contribution in [0, 0.1) is 0 Å². The predicted octanol–water partition coefficient (Wildman–Crippen LogP) is 3.20. The fraction of sp³-hybridized carbons (Fsp3) is 0.176. The average Bonchev–Trinajstić information content (AvgIpc) is 2.56. The van der Waals surface area contributed by atoms with E-state index in [9.17, 15) is 9.59 Å². The zero-order valence-electron chi connectivity index (χ0n) is 12.7. The summed E-state index contributed by atoms with van der Waals surface area (Å²) in [4.78, 5) is 23.7. The molecule has 0 saturated carbocycles. The fourth-order valence-electron chi connectivity index (χ4n) is 1.96. The van der Waals surface area contributed by atoms with Crippen LogP contribution in [-0.2, 0) is 16.0 Å². The highest BCUT2D eigenvalue weighted by molar-refractivity contribution is 9.10. The van der Waals surface area contributed by atoms with Crippen LogP contribution in [-0.4, -0.2) is 25.0 Å². The fourth-order valence-corrected chi connectivity index (χ4v) is 2.45. The van der Waals surface area contributed by atoms with Gasteiger partial charge in [-0.3, -0.25) is 4.79 Å². The molecule has 0 unspecified atom stereocenters. The second-order valence-electron chi connectivity index (χ2n) is 5.03. The van der Waals surface area contributed by atoms with E-state index >= 15 is 0 Å². The molecule has 0 aliphatic carbocycles. The first kappa shape index (κ1) is 18.3. The normalized spacial score (nSPS) is 10.2. The maximum atomic E-state index is 11.9. The van der Waals surface area contributed by atoms with Gasteiger partial charge in [-0.1, -0.05) is 39.7 Å². The van der Waals surface area contributed by atoms with Crippen LogP contribution in [0.1, 0.15) is 15.9 Å². The second-order valence-corrected chi connectivity index (χ2v) is 6.39. The van der Waals surface area contributed by atoms with Crippen molar-refractivity contribution in [1.82, 2.24) is 5.32 Å². The molecule has 2 aromatic rings. The summed E-state index contributed by atoms with van der Waals surface area (Å²) in [6.45, 7) is 0.0858. The molecule has 3 N–H and O–H groups in total. The molecule has 24 heavy (non-hydrogen) atoms. The van der Waals surface area contributed by atoms with Gasteiger partial charge in [0.1, 0.15) is 0 Å². The number of carbonyl (C=O) groups is 2. The monoisotopic (exact) mass is 410 g/mol. The molecule has 0 aromatic heterocycles. The topological polar surface area (TPSA) is 81.4 Å². The molecule has 0 atom stereocenters. The molecule has 2 rings (SSSR count). The number of nitrogen functional groups attached to an aromatic ring is 1. The van der Waals surface area contributed by atoms with Crippen LogP contribution in [0.4, 0.5) is 5.69 Å². The lowest BCUT2D eigenvalue weighted by molar-refractivity contribution is -0.124. The van der Waals surface area contributed by atoms with E-state index in [0.29, 0.717) is 28.1 Å². The molecule has 5 nitrogen and oxygen atoms in total. The summed E-state index contributed by atoms with van der Waals surface area (Å²) < 4.78 is 5.68. The zero-order chi connectivity index (χ0) is 17.5. The zero-order valence-corrected chi connectivity index (χ0v) is 15.1. The average molecular weight is 412 g/mol. The maximum Gasteiger partial charge on any atom is 0.340 e. The highest BCUT2D eigenvalue weighted by Crippen LogP contribution is 2.19. The van der Waals surface area contributed by atoms with Crippen LogP contribution in [0.5, 0.6) is 0 Å². The third kappa shape index (κ3) is 5.54. The summed E-state index contributed by atoms with van der Waals surface area (Å²) in [5.41, 5.74) is 7.29. The molecule has 0 spiro atoms. The highest BCUT2D eigenvalue weighted by atomic mass is 79.9. The molecule has 0 radical (unpaired) electrons. The predicted molar refractivity (Wildman–Crippen MR) is 97.0 cm³/mol. The Morgan fingerprint density at radius 3 is 2.58 bits per heavy atom. The van der Waals surface area contributed by atoms with Crippen molar-refractivity contribution >= 4 is 45.1 Å². The van der Waals surface area contributed by atoms with Gasteiger partial charge >= 0.3 is 5.97 Å². The Labute approximate surface area is 153 Å². The summed E-state index contributed by atoms with van der Waals surface area (Å²) in [6.07, 6.45) is 0.662. The summed E-state index contributed by atoms with van der Waals surface area (Å²) in [5, 5.41) is 3.36. The second kappa shape index (κ2) is 8.70. The van der Waals surface area contributed by atoms with Gasteiger partial charge in [-0.2, -0.15) is 0 Å². The van der Waals surface area contributed by atoms with Crippen LogP contribution >= 0.6 is 27.5 Å². The molecule has 0 aliphatic heterocycles. The Balaban J connectivity index is 1.75. The van der Waals surface area contributed by atoms with Crippen molar-refractivity contribution in [2.45, 2.75) is 6.42 Å². The van der Waals surface area contributed by atoms with E-state index in [0.717, 1.165) is 5.56 Å². The minimum absolute atomic E-state index is 0.221. The van der Waals surface area contributed by atoms with Gasteiger partial charge in [-0.25, -0.2) is 4.79 Å². The first-order valence-corrected chi connectivity index (χ1v) is 8.36. The molecule has 7 heteroatoms. The van der Waals surface area contributed by atoms with Gasteiger partial charge in [0.15, 0.2) is 6.61 Å². The van der Waals surface area contributed by atoms with Gasteiger partial charge in [0.05, 0.1) is 5.56 Å². The Morgan fingerprint density at radius 1 is 1.17 bits per heavy atom. The lowest BCUT2D eigenvalue weighted by atomic mass is 10.1. The molecule has 2 aromatic carbocycles. The first-order valence-electron chi connectivity index (χ1n) is 7.19. The van der Waals surface area contributed by atoms with Crippen LogP contribution in [0.15, 0.2) is 46.9 Å². The van der Waals surface area contributed by atoms with Crippen molar-refractivity contribution in [2.24, 2.45) is 0 Å². The van der Waals surface area contributed by atoms with Crippen molar-refractivity contribution in [3.8, 4) is 0 Å². The maximum absolute atomic E-state index is 11.9. The number of benzene rings is 2. The highest BCUT2D eigenvalue weighted by Gasteiger charge is 2.13. The summed E-state index contributed by atoms with van der Waals surface area (Å²) >= 11 is 9.06. The van der Waals surface area contributed by atoms with E-state index in [1.165, 1.54) is 0 Å². The lowest BCUT2D eigenvalue weighted by Gasteiger charge is -2.08. The molecule has 1 amide bonds. The minimum atomic E-state index is -0.637. The minimum Gasteiger partial charge on any atom is -0.452 e. The molecule has 126 valence electrons. The number of carbonyl (C=O) groups excluding carboxylic acids is 2. The van der Waals surface area contributed by atoms with E-state index in [1.807, 2.05) is 12.1 Å². The summed E-state index contributed by atoms with van der Waals surface area (Å²) in [5.74, 6) is -1.01. The Morgan fingerprint density at radius 2 is 1.88 bits per heavy atom. The number of halogens is 2. The van der Waals surface area contributed by atoms with E-state index in [2.05, 4.69) is 21.2 Å². The number of esters is 1. The molecular weight excluding hydrogens is 396 g/mol. The Kier molecular flexibility index (Phi) is 6.63. The van der Waals surface area contributed by atoms with Gasteiger partial charge in [-0.05, 0) is 42.3 Å². The van der Waals surface area contributed by atoms with E-state index in [1.54, 1.807) is 30.3 Å². The van der Waals surface area contributed by atoms with Gasteiger partial charge in [0.25, 0.3) is 5.91 Å². The largest absolute Gasteiger partial charge is 0.452 e. The van der Waals surface area contributed by atoms with E-state index in [-0.39, 0.29) is 18.1 Å². The molecule has 0 fully saturated rings. The smallest absolute Gasteiger partial charge is 0.340 e. The Bertz CT molecular complexity index is 735. The first-order chi connectivity index (χ1) is 11.5. The SMILES string of the molecule is Nc1ccc(Br)cc1C(=O)OCC(=O)NCCc1ccc(Cl)cc1. The van der Waals surface area contributed by atoms with Crippen molar-refractivity contribution < 1.29 is 14.3 Å². The third-order valence-corrected chi connectivity index (χ3v) is 3.96. The number of ether oxygens (including phenoxy) is 1. The number of amides is 1. The standard InChI is InChI=1S/C17H16BrClN2O3/c18-12-3-6-15(20)14(9-12)17(23)24-10-16(22)21-8-7-11-1-4-13(19)5-2-11/h1-6,9H,7-8,10,20H2,(H,21,22). The van der Waals surface area contributed by atoms with Crippen molar-refractivity contribution in [2.75, 3.05) is 18.9 Å². The summed E-state index contributed by atoms with van der Waals surface area (Å²) in [6, 6.07) is 12.2. The molecular formula is C17H16BrClN2O3. The molecule has 0 bridgehead atoms. The number of rotatable bonds is 6. The van der Waals surface area contributed by atoms with Crippen molar-refractivity contribution in [1.29, 1.82) is 0 Å². The number of nitrogens with one attached hydrogen (secondary N) is 1. The number of anilines is 1.